The molecule has 0 bridgehead atoms. The molecule has 1 aromatic carbocycles. The Labute approximate surface area is 124 Å². The van der Waals surface area contributed by atoms with Gasteiger partial charge in [0.15, 0.2) is 0 Å². The van der Waals surface area contributed by atoms with Crippen LogP contribution in [0.3, 0.4) is 0 Å². The maximum Gasteiger partial charge on any atom is 0.0476 e. The van der Waals surface area contributed by atoms with Crippen molar-refractivity contribution < 1.29 is 0 Å². The van der Waals surface area contributed by atoms with E-state index < -0.39 is 0 Å². The lowest BCUT2D eigenvalue weighted by Crippen LogP contribution is -2.48. The van der Waals surface area contributed by atoms with Crippen LogP contribution in [0.5, 0.6) is 0 Å². The van der Waals surface area contributed by atoms with Crippen molar-refractivity contribution in [3.8, 4) is 0 Å². The van der Waals surface area contributed by atoms with Crippen LogP contribution in [0.1, 0.15) is 70.0 Å². The Balaban J connectivity index is 2.22. The largest absolute Gasteiger partial charge is 0.329 e. The lowest BCUT2D eigenvalue weighted by Gasteiger charge is -2.44. The van der Waals surface area contributed by atoms with Crippen molar-refractivity contribution >= 4 is 0 Å². The van der Waals surface area contributed by atoms with Crippen LogP contribution in [0.4, 0.5) is 0 Å². The molecule has 1 fully saturated rings. The zero-order valence-corrected chi connectivity index (χ0v) is 13.5. The number of piperidine rings is 1. The van der Waals surface area contributed by atoms with Gasteiger partial charge in [0.1, 0.15) is 0 Å². The van der Waals surface area contributed by atoms with E-state index in [-0.39, 0.29) is 0 Å². The van der Waals surface area contributed by atoms with Gasteiger partial charge in [-0.05, 0) is 43.7 Å². The second-order valence-corrected chi connectivity index (χ2v) is 6.65. The minimum Gasteiger partial charge on any atom is -0.329 e. The first kappa shape index (κ1) is 15.5. The van der Waals surface area contributed by atoms with Gasteiger partial charge in [0, 0.05) is 24.7 Å². The summed E-state index contributed by atoms with van der Waals surface area (Å²) in [5.74, 6) is 0.591. The Morgan fingerprint density at radius 1 is 1.05 bits per heavy atom. The van der Waals surface area contributed by atoms with E-state index in [2.05, 4.69) is 56.9 Å². The van der Waals surface area contributed by atoms with Crippen LogP contribution in [0.15, 0.2) is 24.3 Å². The number of hydrogen-bond donors (Lipinski definition) is 1. The molecule has 2 N–H and O–H groups in total. The predicted molar refractivity (Wildman–Crippen MR) is 86.9 cm³/mol. The molecular weight excluding hydrogens is 244 g/mol. The van der Waals surface area contributed by atoms with Crippen molar-refractivity contribution in [1.82, 2.24) is 4.90 Å². The second kappa shape index (κ2) is 6.73. The van der Waals surface area contributed by atoms with Gasteiger partial charge in [-0.1, -0.05) is 44.5 Å². The van der Waals surface area contributed by atoms with Crippen LogP contribution in [0.2, 0.25) is 0 Å². The molecule has 1 unspecified atom stereocenters. The maximum absolute atomic E-state index is 6.12. The van der Waals surface area contributed by atoms with Crippen molar-refractivity contribution in [2.75, 3.05) is 6.54 Å². The zero-order chi connectivity index (χ0) is 14.7. The van der Waals surface area contributed by atoms with E-state index in [1.54, 1.807) is 0 Å². The summed E-state index contributed by atoms with van der Waals surface area (Å²) in [6.45, 7) is 9.88. The topological polar surface area (TPSA) is 29.3 Å². The van der Waals surface area contributed by atoms with E-state index in [9.17, 15) is 0 Å². The molecule has 1 saturated heterocycles. The van der Waals surface area contributed by atoms with E-state index in [4.69, 9.17) is 5.73 Å². The Bertz CT molecular complexity index is 400. The molecule has 112 valence electrons. The Morgan fingerprint density at radius 2 is 1.55 bits per heavy atom. The molecule has 20 heavy (non-hydrogen) atoms. The molecule has 0 aliphatic carbocycles. The van der Waals surface area contributed by atoms with E-state index in [1.165, 1.54) is 30.4 Å². The Hall–Kier alpha value is -0.860. The first-order valence-electron chi connectivity index (χ1n) is 8.12. The summed E-state index contributed by atoms with van der Waals surface area (Å²) in [6.07, 6.45) is 3.94. The molecule has 2 rings (SSSR count). The lowest BCUT2D eigenvalue weighted by molar-refractivity contribution is 0.0578. The van der Waals surface area contributed by atoms with Crippen molar-refractivity contribution in [2.24, 2.45) is 5.73 Å². The Kier molecular flexibility index (Phi) is 5.22. The maximum atomic E-state index is 6.12. The van der Waals surface area contributed by atoms with Crippen molar-refractivity contribution in [2.45, 2.75) is 71.0 Å². The van der Waals surface area contributed by atoms with Crippen LogP contribution in [-0.4, -0.2) is 23.5 Å². The lowest BCUT2D eigenvalue weighted by atomic mass is 9.91. The number of rotatable bonds is 4. The molecule has 2 nitrogen and oxygen atoms in total. The van der Waals surface area contributed by atoms with Gasteiger partial charge in [-0.3, -0.25) is 4.90 Å². The van der Waals surface area contributed by atoms with Crippen molar-refractivity contribution in [3.05, 3.63) is 35.4 Å². The molecule has 0 amide bonds. The third-order valence-corrected chi connectivity index (χ3v) is 4.83. The highest BCUT2D eigenvalue weighted by molar-refractivity contribution is 5.27. The van der Waals surface area contributed by atoms with Gasteiger partial charge in [-0.25, -0.2) is 0 Å². The highest BCUT2D eigenvalue weighted by atomic mass is 15.2. The summed E-state index contributed by atoms with van der Waals surface area (Å²) >= 11 is 0. The molecular formula is C18H30N2. The fourth-order valence-corrected chi connectivity index (χ4v) is 3.59. The van der Waals surface area contributed by atoms with Crippen LogP contribution in [-0.2, 0) is 0 Å². The van der Waals surface area contributed by atoms with Gasteiger partial charge in [-0.15, -0.1) is 0 Å². The normalized spacial score (nSPS) is 25.9. The first-order chi connectivity index (χ1) is 9.54. The van der Waals surface area contributed by atoms with Crippen LogP contribution in [0.25, 0.3) is 0 Å². The monoisotopic (exact) mass is 274 g/mol. The van der Waals surface area contributed by atoms with Gasteiger partial charge < -0.3 is 5.73 Å². The molecule has 1 aliphatic rings. The number of nitrogens with zero attached hydrogens (tertiary/aromatic N) is 1. The highest BCUT2D eigenvalue weighted by Gasteiger charge is 2.31. The summed E-state index contributed by atoms with van der Waals surface area (Å²) in [7, 11) is 0. The summed E-state index contributed by atoms with van der Waals surface area (Å²) in [4.78, 5) is 2.63. The summed E-state index contributed by atoms with van der Waals surface area (Å²) < 4.78 is 0. The van der Waals surface area contributed by atoms with Crippen molar-refractivity contribution in [3.63, 3.8) is 0 Å². The van der Waals surface area contributed by atoms with Crippen molar-refractivity contribution in [1.29, 1.82) is 0 Å². The third-order valence-electron chi connectivity index (χ3n) is 4.83. The predicted octanol–water partition coefficient (Wildman–Crippen LogP) is 4.07. The average molecular weight is 274 g/mol. The highest BCUT2D eigenvalue weighted by Crippen LogP contribution is 2.32. The molecule has 2 heteroatoms. The van der Waals surface area contributed by atoms with E-state index in [0.29, 0.717) is 30.6 Å². The van der Waals surface area contributed by atoms with Gasteiger partial charge in [0.05, 0.1) is 0 Å². The molecule has 1 aromatic rings. The average Bonchev–Trinajstić information content (AvgIpc) is 2.43. The fourth-order valence-electron chi connectivity index (χ4n) is 3.59. The van der Waals surface area contributed by atoms with Crippen LogP contribution < -0.4 is 5.73 Å². The van der Waals surface area contributed by atoms with Gasteiger partial charge in [0.25, 0.3) is 0 Å². The molecule has 0 saturated carbocycles. The molecule has 3 atom stereocenters. The third kappa shape index (κ3) is 3.24. The Morgan fingerprint density at radius 3 is 2.00 bits per heavy atom. The van der Waals surface area contributed by atoms with E-state index in [1.807, 2.05) is 0 Å². The first-order valence-corrected chi connectivity index (χ1v) is 8.12. The minimum atomic E-state index is 0.363. The molecule has 1 heterocycles. The fraction of sp³-hybridized carbons (Fsp3) is 0.667. The SMILES string of the molecule is CC(C)c1ccc(C(CN)N2[C@H](C)CCC[C@@H]2C)cc1. The number of benzene rings is 1. The van der Waals surface area contributed by atoms with Crippen LogP contribution in [0, 0.1) is 0 Å². The molecule has 1 aliphatic heterocycles. The molecule has 0 aromatic heterocycles. The minimum absolute atomic E-state index is 0.363. The van der Waals surface area contributed by atoms with Gasteiger partial charge >= 0.3 is 0 Å². The van der Waals surface area contributed by atoms with Crippen LogP contribution >= 0.6 is 0 Å². The van der Waals surface area contributed by atoms with Gasteiger partial charge in [-0.2, -0.15) is 0 Å². The summed E-state index contributed by atoms with van der Waals surface area (Å²) in [5.41, 5.74) is 8.90. The summed E-state index contributed by atoms with van der Waals surface area (Å²) in [6, 6.07) is 10.7. The standard InChI is InChI=1S/C18H30N2/c1-13(2)16-8-10-17(11-9-16)18(12-19)20-14(3)6-5-7-15(20)4/h8-11,13-15,18H,5-7,12,19H2,1-4H3/t14-,15+,18?. The second-order valence-electron chi connectivity index (χ2n) is 6.65. The quantitative estimate of drug-likeness (QED) is 0.896. The molecule has 0 spiro atoms. The zero-order valence-electron chi connectivity index (χ0n) is 13.5. The van der Waals surface area contributed by atoms with E-state index in [0.717, 1.165) is 0 Å². The van der Waals surface area contributed by atoms with E-state index >= 15 is 0 Å². The molecule has 0 radical (unpaired) electrons. The smallest absolute Gasteiger partial charge is 0.0476 e. The van der Waals surface area contributed by atoms with Gasteiger partial charge in [0.2, 0.25) is 0 Å². The number of hydrogen-bond acceptors (Lipinski definition) is 2. The number of likely N-dealkylation sites (tertiary alicyclic amines) is 1. The number of nitrogens with two attached hydrogens (primary N) is 1. The summed E-state index contributed by atoms with van der Waals surface area (Å²) in [5, 5.41) is 0.